The molecule has 1 amide bonds. The number of amides is 1. The molecule has 0 saturated heterocycles. The van der Waals surface area contributed by atoms with Crippen LogP contribution in [0.25, 0.3) is 0 Å². The Kier molecular flexibility index (Phi) is 6.87. The molecule has 1 atom stereocenters. The minimum atomic E-state index is -0.499. The third kappa shape index (κ3) is 5.52. The van der Waals surface area contributed by atoms with Crippen molar-refractivity contribution in [3.63, 3.8) is 0 Å². The summed E-state index contributed by atoms with van der Waals surface area (Å²) in [5.74, 6) is 1.45. The Morgan fingerprint density at radius 3 is 2.48 bits per heavy atom. The molecule has 4 heteroatoms. The number of nitrogens with one attached hydrogen (secondary N) is 1. The third-order valence-corrected chi connectivity index (χ3v) is 4.17. The number of carbonyl (C=O) groups excluding carboxylic acids is 1. The molecular weight excluding hydrogens is 314 g/mol. The molecular formula is C21H27NO3. The summed E-state index contributed by atoms with van der Waals surface area (Å²) in [5.41, 5.74) is 3.44. The normalized spacial score (nSPS) is 11.7. The SMILES string of the molecule is CCC(Oc1ccc(C)c(C)c1)C(=O)NCCOc1ccccc1C. The van der Waals surface area contributed by atoms with Crippen LogP contribution in [0.1, 0.15) is 30.0 Å². The molecule has 4 nitrogen and oxygen atoms in total. The van der Waals surface area contributed by atoms with Crippen molar-refractivity contribution in [2.75, 3.05) is 13.2 Å². The summed E-state index contributed by atoms with van der Waals surface area (Å²) < 4.78 is 11.5. The summed E-state index contributed by atoms with van der Waals surface area (Å²) in [4.78, 5) is 12.3. The molecule has 0 radical (unpaired) electrons. The van der Waals surface area contributed by atoms with Crippen LogP contribution in [-0.4, -0.2) is 25.2 Å². The topological polar surface area (TPSA) is 47.6 Å². The van der Waals surface area contributed by atoms with E-state index in [0.717, 1.165) is 22.6 Å². The lowest BCUT2D eigenvalue weighted by atomic mass is 10.1. The van der Waals surface area contributed by atoms with Crippen LogP contribution in [-0.2, 0) is 4.79 Å². The quantitative estimate of drug-likeness (QED) is 0.739. The van der Waals surface area contributed by atoms with E-state index >= 15 is 0 Å². The molecule has 0 aliphatic carbocycles. The fourth-order valence-electron chi connectivity index (χ4n) is 2.44. The molecule has 2 rings (SSSR count). The van der Waals surface area contributed by atoms with Crippen LogP contribution >= 0.6 is 0 Å². The van der Waals surface area contributed by atoms with E-state index in [1.54, 1.807) is 0 Å². The van der Waals surface area contributed by atoms with Gasteiger partial charge < -0.3 is 14.8 Å². The second kappa shape index (κ2) is 9.11. The van der Waals surface area contributed by atoms with Crippen LogP contribution in [0, 0.1) is 20.8 Å². The smallest absolute Gasteiger partial charge is 0.261 e. The fourth-order valence-corrected chi connectivity index (χ4v) is 2.44. The second-order valence-corrected chi connectivity index (χ2v) is 6.17. The van der Waals surface area contributed by atoms with E-state index in [1.807, 2.05) is 63.2 Å². The highest BCUT2D eigenvalue weighted by molar-refractivity contribution is 5.81. The number of para-hydroxylation sites is 1. The molecule has 2 aromatic rings. The number of ether oxygens (including phenoxy) is 2. The van der Waals surface area contributed by atoms with Gasteiger partial charge in [-0.05, 0) is 62.1 Å². The zero-order chi connectivity index (χ0) is 18.2. The van der Waals surface area contributed by atoms with Crippen molar-refractivity contribution in [2.24, 2.45) is 0 Å². The summed E-state index contributed by atoms with van der Waals surface area (Å²) in [7, 11) is 0. The van der Waals surface area contributed by atoms with E-state index in [0.29, 0.717) is 19.6 Å². The average molecular weight is 341 g/mol. The lowest BCUT2D eigenvalue weighted by Gasteiger charge is -2.18. The summed E-state index contributed by atoms with van der Waals surface area (Å²) in [6.45, 7) is 8.90. The highest BCUT2D eigenvalue weighted by atomic mass is 16.5. The Labute approximate surface area is 150 Å². The van der Waals surface area contributed by atoms with Crippen LogP contribution in [0.5, 0.6) is 11.5 Å². The first-order valence-corrected chi connectivity index (χ1v) is 8.71. The van der Waals surface area contributed by atoms with Gasteiger partial charge >= 0.3 is 0 Å². The van der Waals surface area contributed by atoms with E-state index in [9.17, 15) is 4.79 Å². The number of benzene rings is 2. The Hall–Kier alpha value is -2.49. The van der Waals surface area contributed by atoms with Gasteiger partial charge in [-0.25, -0.2) is 0 Å². The maximum Gasteiger partial charge on any atom is 0.261 e. The summed E-state index contributed by atoms with van der Waals surface area (Å²) in [5, 5.41) is 2.88. The molecule has 134 valence electrons. The first kappa shape index (κ1) is 18.8. The molecule has 1 N–H and O–H groups in total. The maximum atomic E-state index is 12.3. The monoisotopic (exact) mass is 341 g/mol. The van der Waals surface area contributed by atoms with Crippen molar-refractivity contribution in [2.45, 2.75) is 40.2 Å². The maximum absolute atomic E-state index is 12.3. The van der Waals surface area contributed by atoms with Gasteiger partial charge in [0.15, 0.2) is 6.10 Å². The van der Waals surface area contributed by atoms with Gasteiger partial charge in [0.1, 0.15) is 18.1 Å². The van der Waals surface area contributed by atoms with Gasteiger partial charge in [-0.1, -0.05) is 31.2 Å². The predicted molar refractivity (Wildman–Crippen MR) is 100 cm³/mol. The molecule has 0 aliphatic heterocycles. The van der Waals surface area contributed by atoms with E-state index in [-0.39, 0.29) is 5.91 Å². The highest BCUT2D eigenvalue weighted by Crippen LogP contribution is 2.19. The van der Waals surface area contributed by atoms with Gasteiger partial charge in [0.05, 0.1) is 6.54 Å². The van der Waals surface area contributed by atoms with E-state index in [2.05, 4.69) is 12.2 Å². The first-order valence-electron chi connectivity index (χ1n) is 8.71. The molecule has 0 aromatic heterocycles. The van der Waals surface area contributed by atoms with Gasteiger partial charge in [-0.2, -0.15) is 0 Å². The van der Waals surface area contributed by atoms with Crippen molar-refractivity contribution in [1.29, 1.82) is 0 Å². The van der Waals surface area contributed by atoms with Crippen molar-refractivity contribution in [1.82, 2.24) is 5.32 Å². The first-order chi connectivity index (χ1) is 12.0. The zero-order valence-electron chi connectivity index (χ0n) is 15.5. The van der Waals surface area contributed by atoms with Gasteiger partial charge in [-0.15, -0.1) is 0 Å². The summed E-state index contributed by atoms with van der Waals surface area (Å²) >= 11 is 0. The molecule has 2 aromatic carbocycles. The molecule has 0 saturated carbocycles. The number of carbonyl (C=O) groups is 1. The minimum absolute atomic E-state index is 0.117. The average Bonchev–Trinajstić information content (AvgIpc) is 2.60. The molecule has 1 unspecified atom stereocenters. The highest BCUT2D eigenvalue weighted by Gasteiger charge is 2.18. The molecule has 25 heavy (non-hydrogen) atoms. The van der Waals surface area contributed by atoms with Gasteiger partial charge in [0.2, 0.25) is 0 Å². The van der Waals surface area contributed by atoms with Crippen molar-refractivity contribution in [3.8, 4) is 11.5 Å². The van der Waals surface area contributed by atoms with E-state index in [1.165, 1.54) is 5.56 Å². The van der Waals surface area contributed by atoms with Crippen molar-refractivity contribution < 1.29 is 14.3 Å². The van der Waals surface area contributed by atoms with Gasteiger partial charge in [0.25, 0.3) is 5.91 Å². The van der Waals surface area contributed by atoms with Crippen LogP contribution in [0.2, 0.25) is 0 Å². The molecule has 0 spiro atoms. The Morgan fingerprint density at radius 2 is 1.80 bits per heavy atom. The number of rotatable bonds is 8. The van der Waals surface area contributed by atoms with Crippen LogP contribution in [0.3, 0.4) is 0 Å². The van der Waals surface area contributed by atoms with Gasteiger partial charge in [-0.3, -0.25) is 4.79 Å². The van der Waals surface area contributed by atoms with Crippen molar-refractivity contribution >= 4 is 5.91 Å². The summed E-state index contributed by atoms with van der Waals surface area (Å²) in [6.07, 6.45) is 0.109. The molecule has 0 heterocycles. The van der Waals surface area contributed by atoms with E-state index in [4.69, 9.17) is 9.47 Å². The second-order valence-electron chi connectivity index (χ2n) is 6.17. The standard InChI is InChI=1S/C21H27NO3/c1-5-19(25-18-11-10-15(2)17(4)14-18)21(23)22-12-13-24-20-9-7-6-8-16(20)3/h6-11,14,19H,5,12-13H2,1-4H3,(H,22,23). The predicted octanol–water partition coefficient (Wildman–Crippen LogP) is 3.96. The van der Waals surface area contributed by atoms with Crippen LogP contribution in [0.4, 0.5) is 0 Å². The molecule has 0 aliphatic rings. The number of hydrogen-bond acceptors (Lipinski definition) is 3. The van der Waals surface area contributed by atoms with E-state index < -0.39 is 6.10 Å². The van der Waals surface area contributed by atoms with Gasteiger partial charge in [0, 0.05) is 0 Å². The lowest BCUT2D eigenvalue weighted by Crippen LogP contribution is -2.39. The number of hydrogen-bond donors (Lipinski definition) is 1. The minimum Gasteiger partial charge on any atom is -0.491 e. The summed E-state index contributed by atoms with van der Waals surface area (Å²) in [6, 6.07) is 13.7. The van der Waals surface area contributed by atoms with Crippen molar-refractivity contribution in [3.05, 3.63) is 59.2 Å². The van der Waals surface area contributed by atoms with Crippen LogP contribution < -0.4 is 14.8 Å². The fraction of sp³-hybridized carbons (Fsp3) is 0.381. The Morgan fingerprint density at radius 1 is 1.04 bits per heavy atom. The Balaban J connectivity index is 1.81. The van der Waals surface area contributed by atoms with Crippen LogP contribution in [0.15, 0.2) is 42.5 Å². The molecule has 0 bridgehead atoms. The lowest BCUT2D eigenvalue weighted by molar-refractivity contribution is -0.128. The molecule has 0 fully saturated rings. The largest absolute Gasteiger partial charge is 0.491 e. The number of aryl methyl sites for hydroxylation is 3. The Bertz CT molecular complexity index is 712. The third-order valence-electron chi connectivity index (χ3n) is 4.17. The zero-order valence-corrected chi connectivity index (χ0v) is 15.5.